The van der Waals surface area contributed by atoms with Gasteiger partial charge in [-0.2, -0.15) is 4.98 Å². The van der Waals surface area contributed by atoms with Crippen molar-refractivity contribution in [2.75, 3.05) is 16.0 Å². The minimum Gasteiger partial charge on any atom is -0.365 e. The summed E-state index contributed by atoms with van der Waals surface area (Å²) in [4.78, 5) is 20.0. The number of hydrogen-bond donors (Lipinski definition) is 3. The number of nitrogens with zero attached hydrogens (tertiary/aromatic N) is 2. The van der Waals surface area contributed by atoms with Crippen molar-refractivity contribution in [1.29, 1.82) is 0 Å². The molecular weight excluding hydrogens is 290 g/mol. The number of benzene rings is 1. The third-order valence-electron chi connectivity index (χ3n) is 2.80. The monoisotopic (exact) mass is 313 g/mol. The molecule has 1 amide bonds. The van der Waals surface area contributed by atoms with Gasteiger partial charge in [0.25, 0.3) is 0 Å². The first kappa shape index (κ1) is 16.7. The lowest BCUT2D eigenvalue weighted by Crippen LogP contribution is -2.27. The maximum absolute atomic E-state index is 11.1. The number of nitrogens with one attached hydrogen (secondary N) is 3. The van der Waals surface area contributed by atoms with Crippen LogP contribution in [0.1, 0.15) is 33.4 Å². The number of amides is 1. The van der Waals surface area contributed by atoms with Gasteiger partial charge in [-0.05, 0) is 45.9 Å². The molecular formula is C17H23N5O. The van der Waals surface area contributed by atoms with Crippen LogP contribution in [0.25, 0.3) is 0 Å². The minimum atomic E-state index is -0.106. The van der Waals surface area contributed by atoms with Crippen molar-refractivity contribution >= 4 is 29.0 Å². The van der Waals surface area contributed by atoms with E-state index in [1.54, 1.807) is 0 Å². The molecule has 6 nitrogen and oxygen atoms in total. The maximum Gasteiger partial charge on any atom is 0.229 e. The summed E-state index contributed by atoms with van der Waals surface area (Å²) in [5.41, 5.74) is 2.32. The molecule has 2 aromatic rings. The van der Waals surface area contributed by atoms with Crippen LogP contribution in [0.4, 0.5) is 23.1 Å². The Kier molecular flexibility index (Phi) is 4.83. The van der Waals surface area contributed by atoms with Crippen LogP contribution in [0.2, 0.25) is 0 Å². The van der Waals surface area contributed by atoms with Crippen LogP contribution in [0.15, 0.2) is 30.3 Å². The van der Waals surface area contributed by atoms with Gasteiger partial charge < -0.3 is 16.0 Å². The molecule has 0 aliphatic rings. The second-order valence-corrected chi connectivity index (χ2v) is 6.48. The summed E-state index contributed by atoms with van der Waals surface area (Å²) in [5, 5.41) is 9.26. The third-order valence-corrected chi connectivity index (χ3v) is 2.80. The second kappa shape index (κ2) is 6.64. The van der Waals surface area contributed by atoms with Gasteiger partial charge in [0.1, 0.15) is 5.82 Å². The lowest BCUT2D eigenvalue weighted by molar-refractivity contribution is -0.114. The van der Waals surface area contributed by atoms with Gasteiger partial charge in [-0.25, -0.2) is 4.98 Å². The van der Waals surface area contributed by atoms with Gasteiger partial charge in [0, 0.05) is 35.6 Å². The lowest BCUT2D eigenvalue weighted by Gasteiger charge is -2.21. The number of anilines is 4. The lowest BCUT2D eigenvalue weighted by atomic mass is 10.1. The number of aromatic nitrogens is 2. The maximum atomic E-state index is 11.1. The Morgan fingerprint density at radius 3 is 2.43 bits per heavy atom. The zero-order valence-corrected chi connectivity index (χ0v) is 14.2. The fraction of sp³-hybridized carbons (Fsp3) is 0.353. The fourth-order valence-electron chi connectivity index (χ4n) is 2.08. The van der Waals surface area contributed by atoms with E-state index in [0.29, 0.717) is 5.95 Å². The fourth-order valence-corrected chi connectivity index (χ4v) is 2.08. The summed E-state index contributed by atoms with van der Waals surface area (Å²) in [5.74, 6) is 1.17. The third kappa shape index (κ3) is 5.58. The summed E-state index contributed by atoms with van der Waals surface area (Å²) in [6.07, 6.45) is 0. The number of rotatable bonds is 4. The molecule has 1 aromatic heterocycles. The predicted octanol–water partition coefficient (Wildman–Crippen LogP) is 3.70. The molecule has 6 heteroatoms. The molecule has 0 fully saturated rings. The van der Waals surface area contributed by atoms with Crippen molar-refractivity contribution in [3.63, 3.8) is 0 Å². The van der Waals surface area contributed by atoms with Crippen molar-refractivity contribution < 1.29 is 4.79 Å². The molecule has 0 saturated heterocycles. The smallest absolute Gasteiger partial charge is 0.229 e. The van der Waals surface area contributed by atoms with Gasteiger partial charge in [-0.15, -0.1) is 0 Å². The molecule has 1 heterocycles. The summed E-state index contributed by atoms with van der Waals surface area (Å²) in [6.45, 7) is 9.64. The summed E-state index contributed by atoms with van der Waals surface area (Å²) in [7, 11) is 0. The Hall–Kier alpha value is -2.63. The molecule has 2 rings (SSSR count). The SMILES string of the molecule is CC(=O)Nc1cccc(Nc2nc(C)cc(NC(C)(C)C)n2)c1. The zero-order valence-electron chi connectivity index (χ0n) is 14.2. The molecule has 1 aromatic carbocycles. The van der Waals surface area contributed by atoms with E-state index in [1.807, 2.05) is 37.3 Å². The summed E-state index contributed by atoms with van der Waals surface area (Å²) >= 11 is 0. The normalized spacial score (nSPS) is 11.0. The molecule has 0 spiro atoms. The Morgan fingerprint density at radius 1 is 1.09 bits per heavy atom. The van der Waals surface area contributed by atoms with Crippen molar-refractivity contribution in [1.82, 2.24) is 9.97 Å². The molecule has 0 bridgehead atoms. The van der Waals surface area contributed by atoms with Gasteiger partial charge >= 0.3 is 0 Å². The van der Waals surface area contributed by atoms with E-state index >= 15 is 0 Å². The molecule has 0 aliphatic carbocycles. The van der Waals surface area contributed by atoms with Crippen molar-refractivity contribution in [3.05, 3.63) is 36.0 Å². The molecule has 0 unspecified atom stereocenters. The van der Waals surface area contributed by atoms with Gasteiger partial charge in [0.2, 0.25) is 11.9 Å². The highest BCUT2D eigenvalue weighted by Crippen LogP contribution is 2.20. The highest BCUT2D eigenvalue weighted by atomic mass is 16.1. The summed E-state index contributed by atoms with van der Waals surface area (Å²) in [6, 6.07) is 9.33. The Bertz CT molecular complexity index is 706. The molecule has 3 N–H and O–H groups in total. The Morgan fingerprint density at radius 2 is 1.78 bits per heavy atom. The van der Waals surface area contributed by atoms with Crippen LogP contribution < -0.4 is 16.0 Å². The second-order valence-electron chi connectivity index (χ2n) is 6.48. The first-order valence-corrected chi connectivity index (χ1v) is 7.50. The van der Waals surface area contributed by atoms with Crippen molar-refractivity contribution in [2.24, 2.45) is 0 Å². The van der Waals surface area contributed by atoms with E-state index in [9.17, 15) is 4.79 Å². The minimum absolute atomic E-state index is 0.0800. The van der Waals surface area contributed by atoms with Gasteiger partial charge in [0.05, 0.1) is 0 Å². The Balaban J connectivity index is 2.21. The quantitative estimate of drug-likeness (QED) is 0.802. The number of aryl methyl sites for hydroxylation is 1. The van der Waals surface area contributed by atoms with Crippen molar-refractivity contribution in [3.8, 4) is 0 Å². The van der Waals surface area contributed by atoms with Gasteiger partial charge in [-0.1, -0.05) is 6.07 Å². The van der Waals surface area contributed by atoms with E-state index in [0.717, 1.165) is 22.9 Å². The molecule has 122 valence electrons. The summed E-state index contributed by atoms with van der Waals surface area (Å²) < 4.78 is 0. The first-order valence-electron chi connectivity index (χ1n) is 7.50. The average molecular weight is 313 g/mol. The highest BCUT2D eigenvalue weighted by Gasteiger charge is 2.12. The average Bonchev–Trinajstić information content (AvgIpc) is 2.35. The van der Waals surface area contributed by atoms with Crippen LogP contribution in [-0.2, 0) is 4.79 Å². The highest BCUT2D eigenvalue weighted by molar-refractivity contribution is 5.89. The van der Waals surface area contributed by atoms with Gasteiger partial charge in [0.15, 0.2) is 0 Å². The zero-order chi connectivity index (χ0) is 17.0. The van der Waals surface area contributed by atoms with Crippen molar-refractivity contribution in [2.45, 2.75) is 40.2 Å². The molecule has 0 saturated carbocycles. The standard InChI is InChI=1S/C17H23N5O/c1-11-9-15(22-17(3,4)5)21-16(18-11)20-14-8-6-7-13(10-14)19-12(2)23/h6-10H,1-5H3,(H,19,23)(H2,18,20,21,22). The van der Waals surface area contributed by atoms with Gasteiger partial charge in [-0.3, -0.25) is 4.79 Å². The van der Waals surface area contributed by atoms with E-state index in [4.69, 9.17) is 0 Å². The molecule has 0 atom stereocenters. The number of carbonyl (C=O) groups is 1. The molecule has 0 radical (unpaired) electrons. The van der Waals surface area contributed by atoms with Crippen LogP contribution in [0, 0.1) is 6.92 Å². The van der Waals surface area contributed by atoms with Crippen LogP contribution >= 0.6 is 0 Å². The topological polar surface area (TPSA) is 78.9 Å². The molecule has 0 aliphatic heterocycles. The first-order chi connectivity index (χ1) is 10.7. The number of hydrogen-bond acceptors (Lipinski definition) is 5. The Labute approximate surface area is 136 Å². The van der Waals surface area contributed by atoms with Crippen LogP contribution in [0.3, 0.4) is 0 Å². The van der Waals surface area contributed by atoms with E-state index in [-0.39, 0.29) is 11.4 Å². The van der Waals surface area contributed by atoms with Crippen LogP contribution in [-0.4, -0.2) is 21.4 Å². The van der Waals surface area contributed by atoms with E-state index < -0.39 is 0 Å². The van der Waals surface area contributed by atoms with E-state index in [2.05, 4.69) is 46.7 Å². The largest absolute Gasteiger partial charge is 0.365 e. The predicted molar refractivity (Wildman–Crippen MR) is 94.2 cm³/mol. The van der Waals surface area contributed by atoms with E-state index in [1.165, 1.54) is 6.92 Å². The molecule has 23 heavy (non-hydrogen) atoms. The number of carbonyl (C=O) groups excluding carboxylic acids is 1. The van der Waals surface area contributed by atoms with Crippen LogP contribution in [0.5, 0.6) is 0 Å².